The van der Waals surface area contributed by atoms with Crippen molar-refractivity contribution in [2.75, 3.05) is 0 Å². The van der Waals surface area contributed by atoms with Crippen molar-refractivity contribution >= 4 is 15.9 Å². The molecule has 1 nitrogen and oxygen atoms in total. The van der Waals surface area contributed by atoms with Gasteiger partial charge in [0.2, 0.25) is 0 Å². The molecule has 0 saturated heterocycles. The van der Waals surface area contributed by atoms with E-state index < -0.39 is 10.4 Å². The standard InChI is InChI=1S/C9H15BrF2O/c1-7(2)3-5-8(13,6-4-7)9(10,11)12/h13H,3-6H2,1-2H3. The van der Waals surface area contributed by atoms with Gasteiger partial charge < -0.3 is 5.11 Å². The van der Waals surface area contributed by atoms with Crippen molar-refractivity contribution in [2.24, 2.45) is 5.41 Å². The molecule has 4 heteroatoms. The summed E-state index contributed by atoms with van der Waals surface area (Å²) < 4.78 is 25.8. The van der Waals surface area contributed by atoms with Gasteiger partial charge in [0.25, 0.3) is 0 Å². The molecule has 1 saturated carbocycles. The molecule has 78 valence electrons. The summed E-state index contributed by atoms with van der Waals surface area (Å²) in [6, 6.07) is 0. The maximum Gasteiger partial charge on any atom is 0.329 e. The van der Waals surface area contributed by atoms with Gasteiger partial charge >= 0.3 is 4.83 Å². The van der Waals surface area contributed by atoms with Crippen molar-refractivity contribution in [3.05, 3.63) is 0 Å². The summed E-state index contributed by atoms with van der Waals surface area (Å²) in [5.41, 5.74) is -1.76. The molecule has 1 fully saturated rings. The van der Waals surface area contributed by atoms with E-state index in [1.165, 1.54) is 0 Å². The molecule has 13 heavy (non-hydrogen) atoms. The molecule has 0 aromatic rings. The molecule has 0 unspecified atom stereocenters. The monoisotopic (exact) mass is 256 g/mol. The maximum absolute atomic E-state index is 12.9. The minimum absolute atomic E-state index is 0.0878. The second-order valence-electron chi connectivity index (χ2n) is 4.69. The highest BCUT2D eigenvalue weighted by atomic mass is 79.9. The lowest BCUT2D eigenvalue weighted by atomic mass is 9.71. The van der Waals surface area contributed by atoms with E-state index in [0.29, 0.717) is 12.8 Å². The molecule has 0 radical (unpaired) electrons. The second-order valence-corrected chi connectivity index (χ2v) is 5.69. The van der Waals surface area contributed by atoms with Crippen LogP contribution in [0.15, 0.2) is 0 Å². The number of aliphatic hydroxyl groups is 1. The topological polar surface area (TPSA) is 20.2 Å². The Hall–Kier alpha value is 0.300. The largest absolute Gasteiger partial charge is 0.383 e. The molecule has 1 aliphatic rings. The Morgan fingerprint density at radius 2 is 1.54 bits per heavy atom. The Morgan fingerprint density at radius 3 is 1.85 bits per heavy atom. The third-order valence-electron chi connectivity index (χ3n) is 2.96. The number of halogens is 3. The van der Waals surface area contributed by atoms with Crippen LogP contribution >= 0.6 is 15.9 Å². The van der Waals surface area contributed by atoms with Gasteiger partial charge in [0.1, 0.15) is 5.60 Å². The first kappa shape index (κ1) is 11.4. The predicted molar refractivity (Wildman–Crippen MR) is 51.1 cm³/mol. The van der Waals surface area contributed by atoms with Gasteiger partial charge in [0.15, 0.2) is 0 Å². The van der Waals surface area contributed by atoms with E-state index in [9.17, 15) is 13.9 Å². The van der Waals surface area contributed by atoms with Gasteiger partial charge in [-0.3, -0.25) is 0 Å². The average Bonchev–Trinajstić information content (AvgIpc) is 1.94. The van der Waals surface area contributed by atoms with E-state index in [1.54, 1.807) is 0 Å². The van der Waals surface area contributed by atoms with Crippen LogP contribution in [0.5, 0.6) is 0 Å². The summed E-state index contributed by atoms with van der Waals surface area (Å²) in [5, 5.41) is 9.64. The number of hydrogen-bond acceptors (Lipinski definition) is 1. The molecular formula is C9H15BrF2O. The third-order valence-corrected chi connectivity index (χ3v) is 3.70. The zero-order valence-corrected chi connectivity index (χ0v) is 9.50. The van der Waals surface area contributed by atoms with E-state index in [1.807, 2.05) is 13.8 Å². The molecule has 0 spiro atoms. The molecule has 0 amide bonds. The fourth-order valence-corrected chi connectivity index (χ4v) is 2.02. The summed E-state index contributed by atoms with van der Waals surface area (Å²) in [6.45, 7) is 4.08. The Labute approximate surface area is 85.6 Å². The summed E-state index contributed by atoms with van der Waals surface area (Å²) in [4.78, 5) is -3.16. The van der Waals surface area contributed by atoms with E-state index in [-0.39, 0.29) is 18.3 Å². The Balaban J connectivity index is 2.68. The smallest absolute Gasteiger partial charge is 0.329 e. The molecule has 0 heterocycles. The normalized spacial score (nSPS) is 27.2. The number of rotatable bonds is 1. The number of alkyl halides is 3. The van der Waals surface area contributed by atoms with Crippen molar-refractivity contribution in [1.29, 1.82) is 0 Å². The highest BCUT2D eigenvalue weighted by Gasteiger charge is 2.52. The molecule has 0 bridgehead atoms. The lowest BCUT2D eigenvalue weighted by molar-refractivity contribution is -0.146. The summed E-state index contributed by atoms with van der Waals surface area (Å²) in [6.07, 6.45) is 1.62. The molecule has 0 aromatic carbocycles. The Morgan fingerprint density at radius 1 is 1.15 bits per heavy atom. The molecule has 0 aliphatic heterocycles. The lowest BCUT2D eigenvalue weighted by Gasteiger charge is -2.42. The summed E-state index contributed by atoms with van der Waals surface area (Å²) in [7, 11) is 0. The van der Waals surface area contributed by atoms with Gasteiger partial charge in [-0.2, -0.15) is 8.78 Å². The van der Waals surface area contributed by atoms with Gasteiger partial charge in [0, 0.05) is 0 Å². The van der Waals surface area contributed by atoms with Crippen LogP contribution in [0.3, 0.4) is 0 Å². The average molecular weight is 257 g/mol. The predicted octanol–water partition coefficient (Wildman–Crippen LogP) is 3.31. The Bertz CT molecular complexity index is 188. The Kier molecular flexibility index (Phi) is 2.76. The van der Waals surface area contributed by atoms with Crippen LogP contribution < -0.4 is 0 Å². The number of hydrogen-bond donors (Lipinski definition) is 1. The SMILES string of the molecule is CC1(C)CCC(O)(C(F)(F)Br)CC1. The fourth-order valence-electron chi connectivity index (χ4n) is 1.62. The zero-order valence-electron chi connectivity index (χ0n) is 7.91. The van der Waals surface area contributed by atoms with E-state index >= 15 is 0 Å². The lowest BCUT2D eigenvalue weighted by Crippen LogP contribution is -2.48. The maximum atomic E-state index is 12.9. The molecular weight excluding hydrogens is 242 g/mol. The second kappa shape index (κ2) is 3.16. The van der Waals surface area contributed by atoms with Crippen LogP contribution in [0.1, 0.15) is 39.5 Å². The molecule has 1 aliphatic carbocycles. The van der Waals surface area contributed by atoms with Crippen LogP contribution in [0.2, 0.25) is 0 Å². The van der Waals surface area contributed by atoms with Crippen molar-refractivity contribution in [1.82, 2.24) is 0 Å². The first-order valence-corrected chi connectivity index (χ1v) is 5.25. The first-order chi connectivity index (χ1) is 5.66. The van der Waals surface area contributed by atoms with Crippen LogP contribution in [0.25, 0.3) is 0 Å². The quantitative estimate of drug-likeness (QED) is 0.714. The minimum atomic E-state index is -3.16. The fraction of sp³-hybridized carbons (Fsp3) is 1.00. The molecule has 1 rings (SSSR count). The van der Waals surface area contributed by atoms with Crippen molar-refractivity contribution in [2.45, 2.75) is 50.0 Å². The van der Waals surface area contributed by atoms with Gasteiger partial charge in [-0.05, 0) is 47.0 Å². The van der Waals surface area contributed by atoms with Gasteiger partial charge in [-0.25, -0.2) is 0 Å². The van der Waals surface area contributed by atoms with Crippen molar-refractivity contribution < 1.29 is 13.9 Å². The van der Waals surface area contributed by atoms with Crippen LogP contribution in [-0.2, 0) is 0 Å². The highest BCUT2D eigenvalue weighted by molar-refractivity contribution is 9.10. The first-order valence-electron chi connectivity index (χ1n) is 4.45. The van der Waals surface area contributed by atoms with Gasteiger partial charge in [-0.1, -0.05) is 13.8 Å². The minimum Gasteiger partial charge on any atom is -0.383 e. The molecule has 0 atom stereocenters. The van der Waals surface area contributed by atoms with Gasteiger partial charge in [0.05, 0.1) is 0 Å². The van der Waals surface area contributed by atoms with Crippen LogP contribution in [0.4, 0.5) is 8.78 Å². The van der Waals surface area contributed by atoms with Crippen LogP contribution in [0, 0.1) is 5.41 Å². The van der Waals surface area contributed by atoms with E-state index in [0.717, 1.165) is 0 Å². The summed E-state index contributed by atoms with van der Waals surface area (Å²) in [5.74, 6) is 0. The van der Waals surface area contributed by atoms with E-state index in [2.05, 4.69) is 15.9 Å². The van der Waals surface area contributed by atoms with Crippen molar-refractivity contribution in [3.63, 3.8) is 0 Å². The molecule has 0 aromatic heterocycles. The molecule has 1 N–H and O–H groups in total. The highest BCUT2D eigenvalue weighted by Crippen LogP contribution is 2.48. The summed E-state index contributed by atoms with van der Waals surface area (Å²) >= 11 is 2.25. The van der Waals surface area contributed by atoms with E-state index in [4.69, 9.17) is 0 Å². The zero-order chi connectivity index (χ0) is 10.3. The van der Waals surface area contributed by atoms with Gasteiger partial charge in [-0.15, -0.1) is 0 Å². The third kappa shape index (κ3) is 2.40. The van der Waals surface area contributed by atoms with Crippen molar-refractivity contribution in [3.8, 4) is 0 Å². The van der Waals surface area contributed by atoms with Crippen LogP contribution in [-0.4, -0.2) is 15.5 Å².